The lowest BCUT2D eigenvalue weighted by atomic mass is 10.0. The van der Waals surface area contributed by atoms with Gasteiger partial charge < -0.3 is 15.7 Å². The molecule has 1 aromatic heterocycles. The summed E-state index contributed by atoms with van der Waals surface area (Å²) >= 11 is 0. The minimum atomic E-state index is -0.586. The Bertz CT molecular complexity index is 697. The van der Waals surface area contributed by atoms with Crippen LogP contribution in [-0.2, 0) is 13.5 Å². The van der Waals surface area contributed by atoms with Crippen molar-refractivity contribution in [3.05, 3.63) is 52.8 Å². The van der Waals surface area contributed by atoms with Gasteiger partial charge in [-0.25, -0.2) is 4.79 Å². The van der Waals surface area contributed by atoms with Gasteiger partial charge in [0.05, 0.1) is 11.8 Å². The number of hydrogen-bond acceptors (Lipinski definition) is 3. The van der Waals surface area contributed by atoms with Crippen molar-refractivity contribution in [3.8, 4) is 0 Å². The van der Waals surface area contributed by atoms with Crippen molar-refractivity contribution < 1.29 is 9.90 Å². The van der Waals surface area contributed by atoms with Gasteiger partial charge in [-0.05, 0) is 44.7 Å². The van der Waals surface area contributed by atoms with Crippen molar-refractivity contribution in [1.82, 2.24) is 20.4 Å². The van der Waals surface area contributed by atoms with Crippen molar-refractivity contribution in [2.45, 2.75) is 45.8 Å². The number of urea groups is 1. The number of nitrogens with one attached hydrogen (secondary N) is 2. The van der Waals surface area contributed by atoms with Gasteiger partial charge in [-0.1, -0.05) is 30.3 Å². The average molecular weight is 344 g/mol. The molecule has 0 spiro atoms. The van der Waals surface area contributed by atoms with Crippen LogP contribution in [0.25, 0.3) is 0 Å². The molecule has 1 aromatic carbocycles. The van der Waals surface area contributed by atoms with Gasteiger partial charge in [0.1, 0.15) is 0 Å². The second kappa shape index (κ2) is 8.67. The molecule has 6 heteroatoms. The summed E-state index contributed by atoms with van der Waals surface area (Å²) in [5, 5.41) is 20.3. The van der Waals surface area contributed by atoms with Crippen LogP contribution in [0.4, 0.5) is 4.79 Å². The summed E-state index contributed by atoms with van der Waals surface area (Å²) < 4.78 is 1.86. The molecule has 0 saturated heterocycles. The number of nitrogens with zero attached hydrogens (tertiary/aromatic N) is 2. The quantitative estimate of drug-likeness (QED) is 0.721. The maximum atomic E-state index is 12.0. The van der Waals surface area contributed by atoms with Crippen molar-refractivity contribution in [2.24, 2.45) is 7.05 Å². The maximum absolute atomic E-state index is 12.0. The maximum Gasteiger partial charge on any atom is 0.315 e. The van der Waals surface area contributed by atoms with E-state index in [-0.39, 0.29) is 12.1 Å². The minimum absolute atomic E-state index is 0.128. The van der Waals surface area contributed by atoms with Gasteiger partial charge in [-0.2, -0.15) is 5.10 Å². The van der Waals surface area contributed by atoms with E-state index in [1.807, 2.05) is 62.8 Å². The van der Waals surface area contributed by atoms with E-state index in [4.69, 9.17) is 0 Å². The molecule has 0 bridgehead atoms. The van der Waals surface area contributed by atoms with E-state index in [9.17, 15) is 9.90 Å². The number of aryl methyl sites for hydroxylation is 2. The molecule has 25 heavy (non-hydrogen) atoms. The SMILES string of the molecule is Cc1nn(C)c(C)c1CCNC(=O)N[C@@H](C)C[C@H](O)c1ccccc1. The largest absolute Gasteiger partial charge is 0.388 e. The third-order valence-electron chi connectivity index (χ3n) is 4.46. The van der Waals surface area contributed by atoms with Crippen LogP contribution < -0.4 is 10.6 Å². The van der Waals surface area contributed by atoms with E-state index in [1.54, 1.807) is 0 Å². The van der Waals surface area contributed by atoms with Crippen molar-refractivity contribution >= 4 is 6.03 Å². The predicted octanol–water partition coefficient (Wildman–Crippen LogP) is 2.39. The highest BCUT2D eigenvalue weighted by molar-refractivity contribution is 5.74. The molecule has 0 aliphatic rings. The molecular formula is C19H28N4O2. The molecule has 3 N–H and O–H groups in total. The average Bonchev–Trinajstić information content (AvgIpc) is 2.81. The van der Waals surface area contributed by atoms with Crippen LogP contribution in [0.1, 0.15) is 42.0 Å². The molecule has 2 amide bonds. The van der Waals surface area contributed by atoms with E-state index in [2.05, 4.69) is 15.7 Å². The summed E-state index contributed by atoms with van der Waals surface area (Å²) in [4.78, 5) is 12.0. The van der Waals surface area contributed by atoms with Crippen molar-refractivity contribution in [3.63, 3.8) is 0 Å². The summed E-state index contributed by atoms with van der Waals surface area (Å²) in [6.45, 7) is 6.45. The van der Waals surface area contributed by atoms with Crippen LogP contribution in [0.2, 0.25) is 0 Å². The summed E-state index contributed by atoms with van der Waals surface area (Å²) in [5.74, 6) is 0. The summed E-state index contributed by atoms with van der Waals surface area (Å²) in [7, 11) is 1.92. The first-order valence-corrected chi connectivity index (χ1v) is 8.65. The van der Waals surface area contributed by atoms with E-state index in [1.165, 1.54) is 5.56 Å². The Morgan fingerprint density at radius 3 is 2.56 bits per heavy atom. The zero-order chi connectivity index (χ0) is 18.4. The van der Waals surface area contributed by atoms with Gasteiger partial charge >= 0.3 is 6.03 Å². The number of carbonyl (C=O) groups excluding carboxylic acids is 1. The number of benzene rings is 1. The Morgan fingerprint density at radius 2 is 1.96 bits per heavy atom. The Balaban J connectivity index is 1.74. The molecule has 0 fully saturated rings. The Kier molecular flexibility index (Phi) is 6.58. The molecule has 136 valence electrons. The van der Waals surface area contributed by atoms with Crippen LogP contribution in [0.15, 0.2) is 30.3 Å². The summed E-state index contributed by atoms with van der Waals surface area (Å²) in [6, 6.07) is 9.13. The molecule has 2 atom stereocenters. The molecule has 0 aliphatic carbocycles. The van der Waals surface area contributed by atoms with E-state index in [0.29, 0.717) is 13.0 Å². The van der Waals surface area contributed by atoms with Gasteiger partial charge in [0.15, 0.2) is 0 Å². The molecule has 2 rings (SSSR count). The van der Waals surface area contributed by atoms with Crippen LogP contribution >= 0.6 is 0 Å². The number of hydrogen-bond donors (Lipinski definition) is 3. The minimum Gasteiger partial charge on any atom is -0.388 e. The Labute approximate surface area is 149 Å². The molecule has 0 saturated carbocycles. The van der Waals surface area contributed by atoms with E-state index >= 15 is 0 Å². The first-order chi connectivity index (χ1) is 11.9. The first-order valence-electron chi connectivity index (χ1n) is 8.65. The normalized spacial score (nSPS) is 13.3. The van der Waals surface area contributed by atoms with Crippen LogP contribution in [0.3, 0.4) is 0 Å². The Morgan fingerprint density at radius 1 is 1.28 bits per heavy atom. The third kappa shape index (κ3) is 5.32. The van der Waals surface area contributed by atoms with Gasteiger partial charge in [0.2, 0.25) is 0 Å². The standard InChI is InChI=1S/C19H28N4O2/c1-13(12-18(24)16-8-6-5-7-9-16)21-19(25)20-11-10-17-14(2)22-23(4)15(17)3/h5-9,13,18,24H,10-12H2,1-4H3,(H2,20,21,25)/t13-,18-/m0/s1. The second-order valence-electron chi connectivity index (χ2n) is 6.49. The fourth-order valence-corrected chi connectivity index (χ4v) is 2.96. The number of rotatable bonds is 7. The fraction of sp³-hybridized carbons (Fsp3) is 0.474. The first kappa shape index (κ1) is 19.0. The van der Waals surface area contributed by atoms with E-state index in [0.717, 1.165) is 23.4 Å². The third-order valence-corrected chi connectivity index (χ3v) is 4.46. The van der Waals surface area contributed by atoms with Crippen LogP contribution in [0.5, 0.6) is 0 Å². The molecule has 1 heterocycles. The molecule has 6 nitrogen and oxygen atoms in total. The van der Waals surface area contributed by atoms with Crippen molar-refractivity contribution in [1.29, 1.82) is 0 Å². The van der Waals surface area contributed by atoms with Crippen LogP contribution in [0, 0.1) is 13.8 Å². The molecule has 0 aliphatic heterocycles. The molecule has 2 aromatic rings. The van der Waals surface area contributed by atoms with Gasteiger partial charge in [-0.3, -0.25) is 4.68 Å². The summed E-state index contributed by atoms with van der Waals surface area (Å²) in [6.07, 6.45) is 0.635. The second-order valence-corrected chi connectivity index (χ2v) is 6.49. The lowest BCUT2D eigenvalue weighted by Crippen LogP contribution is -2.42. The number of amides is 2. The zero-order valence-corrected chi connectivity index (χ0v) is 15.4. The highest BCUT2D eigenvalue weighted by Crippen LogP contribution is 2.17. The summed E-state index contributed by atoms with van der Waals surface area (Å²) in [5.41, 5.74) is 4.16. The molecule has 0 unspecified atom stereocenters. The Hall–Kier alpha value is -2.34. The number of aliphatic hydroxyl groups is 1. The highest BCUT2D eigenvalue weighted by atomic mass is 16.3. The number of aliphatic hydroxyl groups excluding tert-OH is 1. The van der Waals surface area contributed by atoms with Crippen molar-refractivity contribution in [2.75, 3.05) is 6.54 Å². The van der Waals surface area contributed by atoms with E-state index < -0.39 is 6.10 Å². The van der Waals surface area contributed by atoms with Gasteiger partial charge in [-0.15, -0.1) is 0 Å². The molecule has 0 radical (unpaired) electrons. The lowest BCUT2D eigenvalue weighted by molar-refractivity contribution is 0.154. The predicted molar refractivity (Wildman–Crippen MR) is 98.4 cm³/mol. The van der Waals surface area contributed by atoms with Crippen LogP contribution in [-0.4, -0.2) is 33.5 Å². The monoisotopic (exact) mass is 344 g/mol. The smallest absolute Gasteiger partial charge is 0.315 e. The fourth-order valence-electron chi connectivity index (χ4n) is 2.96. The molecular weight excluding hydrogens is 316 g/mol. The van der Waals surface area contributed by atoms with Gasteiger partial charge in [0, 0.05) is 25.3 Å². The number of carbonyl (C=O) groups is 1. The lowest BCUT2D eigenvalue weighted by Gasteiger charge is -2.18. The topological polar surface area (TPSA) is 79.2 Å². The van der Waals surface area contributed by atoms with Gasteiger partial charge in [0.25, 0.3) is 0 Å². The highest BCUT2D eigenvalue weighted by Gasteiger charge is 2.14. The number of aromatic nitrogens is 2. The zero-order valence-electron chi connectivity index (χ0n) is 15.4.